The topological polar surface area (TPSA) is 49.9 Å². The Kier molecular flexibility index (Phi) is 2.28. The zero-order valence-electron chi connectivity index (χ0n) is 7.38. The van der Waals surface area contributed by atoms with Crippen molar-refractivity contribution in [3.8, 4) is 0 Å². The van der Waals surface area contributed by atoms with E-state index in [4.69, 9.17) is 11.6 Å². The zero-order valence-corrected chi connectivity index (χ0v) is 8.14. The molecule has 0 atom stereocenters. The monoisotopic (exact) mass is 225 g/mol. The number of benzene rings is 1. The maximum Gasteiger partial charge on any atom is 0.293 e. The normalized spacial score (nSPS) is 10.5. The Hall–Kier alpha value is -1.68. The van der Waals surface area contributed by atoms with Gasteiger partial charge in [-0.05, 0) is 23.7 Å². The third-order valence-electron chi connectivity index (χ3n) is 2.08. The molecule has 0 bridgehead atoms. The number of fused-ring (bicyclic) bond motifs is 1. The number of hydrogen-bond donors (Lipinski definition) is 1. The van der Waals surface area contributed by atoms with Crippen LogP contribution in [-0.4, -0.2) is 16.0 Å². The van der Waals surface area contributed by atoms with Gasteiger partial charge in [-0.2, -0.15) is 0 Å². The highest BCUT2D eigenvalue weighted by molar-refractivity contribution is 6.83. The van der Waals surface area contributed by atoms with Crippen LogP contribution in [-0.2, 0) is 4.79 Å². The van der Waals surface area contributed by atoms with Gasteiger partial charge in [0.25, 0.3) is 5.24 Å². The molecule has 3 nitrogen and oxygen atoms in total. The van der Waals surface area contributed by atoms with Crippen molar-refractivity contribution >= 4 is 33.5 Å². The summed E-state index contributed by atoms with van der Waals surface area (Å²) in [4.78, 5) is 24.7. The maximum atomic E-state index is 13.4. The minimum atomic E-state index is -1.13. The minimum Gasteiger partial charge on any atom is -0.360 e. The van der Waals surface area contributed by atoms with Gasteiger partial charge in [-0.1, -0.05) is 6.07 Å². The number of aromatic nitrogens is 1. The van der Waals surface area contributed by atoms with E-state index in [2.05, 4.69) is 4.98 Å². The molecule has 2 rings (SSSR count). The van der Waals surface area contributed by atoms with E-state index >= 15 is 0 Å². The van der Waals surface area contributed by atoms with Crippen LogP contribution in [0.25, 0.3) is 10.9 Å². The molecule has 1 N–H and O–H groups in total. The molecule has 0 aliphatic carbocycles. The number of nitrogens with one attached hydrogen (secondary N) is 1. The van der Waals surface area contributed by atoms with E-state index in [1.54, 1.807) is 6.07 Å². The quantitative estimate of drug-likeness (QED) is 0.484. The molecule has 15 heavy (non-hydrogen) atoms. The number of H-pyrrole nitrogens is 1. The summed E-state index contributed by atoms with van der Waals surface area (Å²) in [5.41, 5.74) is 0.416. The summed E-state index contributed by atoms with van der Waals surface area (Å²) in [5.74, 6) is -1.47. The first kappa shape index (κ1) is 9.86. The second-order valence-electron chi connectivity index (χ2n) is 2.97. The van der Waals surface area contributed by atoms with Crippen molar-refractivity contribution in [2.75, 3.05) is 0 Å². The minimum absolute atomic E-state index is 0.0388. The van der Waals surface area contributed by atoms with Crippen LogP contribution in [0.3, 0.4) is 0 Å². The number of ketones is 1. The van der Waals surface area contributed by atoms with Gasteiger partial charge in [0.15, 0.2) is 0 Å². The average Bonchev–Trinajstić information content (AvgIpc) is 2.61. The first-order valence-electron chi connectivity index (χ1n) is 4.11. The standard InChI is InChI=1S/C10H5ClFNO2/c11-10(15)9(14)5-4-13-7-3-1-2-6(12)8(5)7/h1-4,13H. The molecule has 1 heterocycles. The SMILES string of the molecule is O=C(Cl)C(=O)c1c[nH]c2cccc(F)c12. The van der Waals surface area contributed by atoms with Crippen LogP contribution in [0.15, 0.2) is 24.4 Å². The van der Waals surface area contributed by atoms with Crippen LogP contribution in [0.2, 0.25) is 0 Å². The molecule has 0 spiro atoms. The Labute approximate surface area is 88.8 Å². The number of Topliss-reactive ketones (excluding diaryl/α,β-unsaturated/α-hetero) is 1. The Bertz CT molecular complexity index is 562. The molecule has 1 aromatic heterocycles. The number of carbonyl (C=O) groups excluding carboxylic acids is 2. The largest absolute Gasteiger partial charge is 0.360 e. The van der Waals surface area contributed by atoms with Gasteiger partial charge < -0.3 is 4.98 Å². The summed E-state index contributed by atoms with van der Waals surface area (Å²) in [6.45, 7) is 0. The molecule has 1 aromatic carbocycles. The molecule has 2 aromatic rings. The highest BCUT2D eigenvalue weighted by Gasteiger charge is 2.19. The Morgan fingerprint density at radius 3 is 2.73 bits per heavy atom. The van der Waals surface area contributed by atoms with Crippen molar-refractivity contribution < 1.29 is 14.0 Å². The van der Waals surface area contributed by atoms with Crippen molar-refractivity contribution in [2.24, 2.45) is 0 Å². The van der Waals surface area contributed by atoms with Gasteiger partial charge in [0.05, 0.1) is 5.56 Å². The molecule has 0 amide bonds. The second-order valence-corrected chi connectivity index (χ2v) is 3.31. The lowest BCUT2D eigenvalue weighted by molar-refractivity contribution is -0.108. The molecule has 0 aliphatic rings. The van der Waals surface area contributed by atoms with E-state index in [0.717, 1.165) is 0 Å². The predicted molar refractivity (Wildman–Crippen MR) is 53.4 cm³/mol. The molecule has 0 radical (unpaired) electrons. The summed E-state index contributed by atoms with van der Waals surface area (Å²) in [6, 6.07) is 4.32. The van der Waals surface area contributed by atoms with Crippen LogP contribution >= 0.6 is 11.6 Å². The van der Waals surface area contributed by atoms with Gasteiger partial charge in [-0.3, -0.25) is 9.59 Å². The number of halogens is 2. The lowest BCUT2D eigenvalue weighted by atomic mass is 10.1. The van der Waals surface area contributed by atoms with Gasteiger partial charge in [0, 0.05) is 17.1 Å². The van der Waals surface area contributed by atoms with Crippen molar-refractivity contribution in [1.29, 1.82) is 0 Å². The second kappa shape index (κ2) is 3.47. The van der Waals surface area contributed by atoms with Crippen molar-refractivity contribution in [2.45, 2.75) is 0 Å². The first-order chi connectivity index (χ1) is 7.11. The molecule has 0 aliphatic heterocycles. The molecule has 0 saturated carbocycles. The lowest BCUT2D eigenvalue weighted by Crippen LogP contribution is -2.06. The van der Waals surface area contributed by atoms with Gasteiger partial charge >= 0.3 is 0 Å². The third-order valence-corrected chi connectivity index (χ3v) is 2.25. The van der Waals surface area contributed by atoms with E-state index in [1.807, 2.05) is 0 Å². The highest BCUT2D eigenvalue weighted by atomic mass is 35.5. The molecule has 0 saturated heterocycles. The molecule has 5 heteroatoms. The fourth-order valence-corrected chi connectivity index (χ4v) is 1.53. The molecule has 76 valence electrons. The summed E-state index contributed by atoms with van der Waals surface area (Å²) >= 11 is 5.05. The highest BCUT2D eigenvalue weighted by Crippen LogP contribution is 2.22. The predicted octanol–water partition coefficient (Wildman–Crippen LogP) is 2.26. The summed E-state index contributed by atoms with van der Waals surface area (Å²) < 4.78 is 13.4. The van der Waals surface area contributed by atoms with Crippen LogP contribution in [0, 0.1) is 5.82 Å². The van der Waals surface area contributed by atoms with E-state index in [1.165, 1.54) is 18.3 Å². The smallest absolute Gasteiger partial charge is 0.293 e. The number of carbonyl (C=O) groups is 2. The van der Waals surface area contributed by atoms with E-state index < -0.39 is 16.8 Å². The lowest BCUT2D eigenvalue weighted by Gasteiger charge is -1.95. The van der Waals surface area contributed by atoms with E-state index in [0.29, 0.717) is 5.52 Å². The van der Waals surface area contributed by atoms with Crippen LogP contribution in [0.1, 0.15) is 10.4 Å². The molecular weight excluding hydrogens is 221 g/mol. The van der Waals surface area contributed by atoms with Gasteiger partial charge in [0.2, 0.25) is 5.78 Å². The Morgan fingerprint density at radius 1 is 1.33 bits per heavy atom. The number of rotatable bonds is 2. The summed E-state index contributed by atoms with van der Waals surface area (Å²) in [5, 5.41) is -1.03. The summed E-state index contributed by atoms with van der Waals surface area (Å²) in [7, 11) is 0. The third kappa shape index (κ3) is 1.53. The fourth-order valence-electron chi connectivity index (χ4n) is 1.43. The van der Waals surface area contributed by atoms with Crippen LogP contribution in [0.4, 0.5) is 4.39 Å². The molecule has 0 fully saturated rings. The van der Waals surface area contributed by atoms with E-state index in [9.17, 15) is 14.0 Å². The fraction of sp³-hybridized carbons (Fsp3) is 0. The maximum absolute atomic E-state index is 13.4. The molecule has 0 unspecified atom stereocenters. The van der Waals surface area contributed by atoms with Gasteiger partial charge in [0.1, 0.15) is 5.82 Å². The molecular formula is C10H5ClFNO2. The van der Waals surface area contributed by atoms with Gasteiger partial charge in [-0.25, -0.2) is 4.39 Å². The average molecular weight is 226 g/mol. The zero-order chi connectivity index (χ0) is 11.0. The number of aromatic amines is 1. The van der Waals surface area contributed by atoms with Gasteiger partial charge in [-0.15, -0.1) is 0 Å². The van der Waals surface area contributed by atoms with Crippen molar-refractivity contribution in [3.05, 3.63) is 35.8 Å². The van der Waals surface area contributed by atoms with Crippen LogP contribution in [0.5, 0.6) is 0 Å². The Morgan fingerprint density at radius 2 is 2.07 bits per heavy atom. The van der Waals surface area contributed by atoms with Crippen molar-refractivity contribution in [3.63, 3.8) is 0 Å². The summed E-state index contributed by atoms with van der Waals surface area (Å²) in [6.07, 6.45) is 1.27. The van der Waals surface area contributed by atoms with Crippen molar-refractivity contribution in [1.82, 2.24) is 4.98 Å². The Balaban J connectivity index is 2.73. The van der Waals surface area contributed by atoms with E-state index in [-0.39, 0.29) is 10.9 Å². The first-order valence-corrected chi connectivity index (χ1v) is 4.49. The number of hydrogen-bond acceptors (Lipinski definition) is 2. The van der Waals surface area contributed by atoms with Crippen LogP contribution < -0.4 is 0 Å².